The molecule has 0 aliphatic heterocycles. The minimum absolute atomic E-state index is 0.0141. The molecule has 1 heteroatoms. The number of hydrogen-bond acceptors (Lipinski definition) is 0. The molecule has 0 saturated carbocycles. The van der Waals surface area contributed by atoms with Gasteiger partial charge in [-0.25, -0.2) is 0 Å². The van der Waals surface area contributed by atoms with Crippen molar-refractivity contribution in [2.45, 2.75) is 291 Å². The first-order valence-electron chi connectivity index (χ1n) is 40.5. The lowest BCUT2D eigenvalue weighted by Gasteiger charge is -2.30. The molecular weight excluding hydrogens is 1260 g/mol. The van der Waals surface area contributed by atoms with Gasteiger partial charge in [-0.3, -0.25) is 0 Å². The molecule has 0 radical (unpaired) electrons. The summed E-state index contributed by atoms with van der Waals surface area (Å²) in [5, 5.41) is 2.63. The van der Waals surface area contributed by atoms with E-state index in [1.807, 2.05) is 0 Å². The van der Waals surface area contributed by atoms with E-state index in [1.54, 1.807) is 0 Å². The summed E-state index contributed by atoms with van der Waals surface area (Å²) in [6.45, 7) is 54.9. The topological polar surface area (TPSA) is 0 Å². The van der Waals surface area contributed by atoms with E-state index in [2.05, 4.69) is 351 Å². The van der Waals surface area contributed by atoms with Crippen LogP contribution in [-0.2, 0) is 125 Å². The lowest BCUT2D eigenvalue weighted by molar-refractivity contribution is 0.583. The van der Waals surface area contributed by atoms with Crippen LogP contribution in [0.1, 0.15) is 283 Å². The monoisotopic (exact) mass is 1390 g/mol. The van der Waals surface area contributed by atoms with Crippen LogP contribution in [0, 0.1) is 0 Å². The zero-order chi connectivity index (χ0) is 75.8. The van der Waals surface area contributed by atoms with E-state index in [-0.39, 0.29) is 16.2 Å². The summed E-state index contributed by atoms with van der Waals surface area (Å²) in [6, 6.07) is 66.8. The van der Waals surface area contributed by atoms with Gasteiger partial charge in [-0.15, -0.1) is 9.24 Å². The van der Waals surface area contributed by atoms with Gasteiger partial charge < -0.3 is 0 Å². The minimum atomic E-state index is 0.0141. The van der Waals surface area contributed by atoms with Crippen molar-refractivity contribution in [2.75, 3.05) is 0 Å². The lowest BCUT2D eigenvalue weighted by Crippen LogP contribution is -2.19. The molecule has 1 unspecified atom stereocenters. The number of aryl methyl sites for hydroxylation is 14. The Balaban J connectivity index is 0.000000206. The van der Waals surface area contributed by atoms with Crippen LogP contribution >= 0.6 is 9.24 Å². The van der Waals surface area contributed by atoms with Gasteiger partial charge in [0.05, 0.1) is 0 Å². The molecule has 0 saturated heterocycles. The third-order valence-corrected chi connectivity index (χ3v) is 22.6. The molecular formula is C102H137P. The first-order valence-corrected chi connectivity index (χ1v) is 41.4. The van der Waals surface area contributed by atoms with Crippen molar-refractivity contribution in [2.24, 2.45) is 0 Å². The third-order valence-electron chi connectivity index (χ3n) is 22.1. The summed E-state index contributed by atoms with van der Waals surface area (Å²) < 4.78 is 0. The fourth-order valence-corrected chi connectivity index (χ4v) is 15.8. The summed E-state index contributed by atoms with van der Waals surface area (Å²) in [5.74, 6) is 0. The molecule has 0 spiro atoms. The van der Waals surface area contributed by atoms with E-state index in [1.165, 1.54) is 161 Å². The van der Waals surface area contributed by atoms with Gasteiger partial charge in [0.15, 0.2) is 0 Å². The summed E-state index contributed by atoms with van der Waals surface area (Å²) in [7, 11) is 2.77. The predicted molar refractivity (Wildman–Crippen MR) is 465 cm³/mol. The van der Waals surface area contributed by atoms with Crippen molar-refractivity contribution in [1.82, 2.24) is 0 Å². The molecule has 0 nitrogen and oxygen atoms in total. The molecule has 10 rings (SSSR count). The van der Waals surface area contributed by atoms with Crippen LogP contribution in [-0.4, -0.2) is 0 Å². The largest absolute Gasteiger partial charge is 0.133 e. The zero-order valence-electron chi connectivity index (χ0n) is 69.3. The van der Waals surface area contributed by atoms with E-state index < -0.39 is 0 Å². The maximum atomic E-state index is 2.77. The highest BCUT2D eigenvalue weighted by molar-refractivity contribution is 7.15. The molecule has 0 aliphatic rings. The molecule has 550 valence electrons. The summed E-state index contributed by atoms with van der Waals surface area (Å²) >= 11 is 0. The van der Waals surface area contributed by atoms with E-state index in [0.717, 1.165) is 109 Å². The fraction of sp³-hybridized carbons (Fsp3) is 0.431. The highest BCUT2D eigenvalue weighted by Crippen LogP contribution is 2.43. The molecule has 0 amide bonds. The highest BCUT2D eigenvalue weighted by atomic mass is 31.0. The van der Waals surface area contributed by atoms with Crippen LogP contribution in [0.2, 0.25) is 0 Å². The van der Waals surface area contributed by atoms with Crippen molar-refractivity contribution in [3.63, 3.8) is 0 Å². The fourth-order valence-electron chi connectivity index (χ4n) is 15.5. The van der Waals surface area contributed by atoms with Gasteiger partial charge >= 0.3 is 0 Å². The van der Waals surface area contributed by atoms with Crippen molar-refractivity contribution in [3.05, 3.63) is 293 Å². The SMILES string of the molecule is CCc1cc(-c2cc(CC)c(CC)cc2C(C)(C)C)c(C(C)(C)C)cc1CC.CCc1ccc(-c2ccc(CC)c(CC)c2)cc1CC.CCc1ccc(C(C)(C)c2ccc3ccccc3c2)cc1CC.CCc1ccc(CP)cc1CC.CCc1cccc(-c2cccc(CC)c2CC)c1CC. The van der Waals surface area contributed by atoms with Gasteiger partial charge in [0.25, 0.3) is 0 Å². The zero-order valence-corrected chi connectivity index (χ0v) is 70.5. The average Bonchev–Trinajstić information content (AvgIpc) is 0.762. The van der Waals surface area contributed by atoms with Gasteiger partial charge in [0.1, 0.15) is 0 Å². The molecule has 10 aromatic carbocycles. The van der Waals surface area contributed by atoms with Gasteiger partial charge in [-0.2, -0.15) is 0 Å². The molecule has 0 N–H and O–H groups in total. The van der Waals surface area contributed by atoms with Crippen molar-refractivity contribution < 1.29 is 0 Å². The Labute approximate surface area is 633 Å². The normalized spacial score (nSPS) is 11.4. The van der Waals surface area contributed by atoms with Crippen LogP contribution in [0.15, 0.2) is 176 Å². The second kappa shape index (κ2) is 40.4. The predicted octanol–water partition coefficient (Wildman–Crippen LogP) is 28.9. The number of benzene rings is 10. The molecule has 10 aromatic rings. The van der Waals surface area contributed by atoms with Crippen molar-refractivity contribution in [3.8, 4) is 33.4 Å². The molecule has 0 bridgehead atoms. The summed E-state index contributed by atoms with van der Waals surface area (Å²) in [6.07, 6.45) is 18.9. The maximum absolute atomic E-state index is 2.77. The van der Waals surface area contributed by atoms with Crippen LogP contribution in [0.25, 0.3) is 44.2 Å². The van der Waals surface area contributed by atoms with Crippen LogP contribution in [0.3, 0.4) is 0 Å². The number of hydrogen-bond donors (Lipinski definition) is 0. The van der Waals surface area contributed by atoms with Gasteiger partial charge in [-0.05, 0) is 281 Å². The molecule has 0 aliphatic carbocycles. The van der Waals surface area contributed by atoms with Gasteiger partial charge in [0, 0.05) is 5.41 Å². The summed E-state index contributed by atoms with van der Waals surface area (Å²) in [5.41, 5.74) is 39.9. The first-order chi connectivity index (χ1) is 49.3. The number of fused-ring (bicyclic) bond motifs is 1. The van der Waals surface area contributed by atoms with E-state index >= 15 is 0 Å². The van der Waals surface area contributed by atoms with Gasteiger partial charge in [-0.1, -0.05) is 342 Å². The third kappa shape index (κ3) is 21.6. The lowest BCUT2D eigenvalue weighted by atomic mass is 9.74. The van der Waals surface area contributed by atoms with Crippen LogP contribution < -0.4 is 0 Å². The molecule has 0 aromatic heterocycles. The van der Waals surface area contributed by atoms with Crippen LogP contribution in [0.4, 0.5) is 0 Å². The second-order valence-electron chi connectivity index (χ2n) is 30.8. The standard InChI is InChI=1S/C28H42.C23H26.2C20H26.C11H17P/c1-11-19-15-23(25(27(5,6)7)17-21(19)13-3)24-16-20(12-2)22(14-4)18-26(24)28(8,9)10;1-5-17-11-13-21(15-18(17)6-2)23(3,4)22-14-12-19-9-7-8-10-20(19)16-22;1-5-15-9-11-19(13-17(15)7-3)20-12-10-16(6-2)18(8-4)14-20;1-5-15-11-9-13-19(17(15)7-3)20-14-10-12-16(6-2)18(20)8-4;1-3-10-6-5-9(8-12)7-11(10)4-2/h15-18H,11-14H2,1-10H3;7-16H,5-6H2,1-4H3;2*9-14H,5-8H2,1-4H3;5-7H,3-4,8,12H2,1-2H3. The molecule has 103 heavy (non-hydrogen) atoms. The molecule has 1 atom stereocenters. The van der Waals surface area contributed by atoms with Gasteiger partial charge in [0.2, 0.25) is 0 Å². The van der Waals surface area contributed by atoms with Crippen molar-refractivity contribution >= 4 is 20.0 Å². The Morgan fingerprint density at radius 2 is 0.553 bits per heavy atom. The maximum Gasteiger partial charge on any atom is 0.0146 e. The minimum Gasteiger partial charge on any atom is -0.133 e. The van der Waals surface area contributed by atoms with Crippen molar-refractivity contribution in [1.29, 1.82) is 0 Å². The van der Waals surface area contributed by atoms with E-state index in [4.69, 9.17) is 0 Å². The quantitative estimate of drug-likeness (QED) is 0.0593. The summed E-state index contributed by atoms with van der Waals surface area (Å²) in [4.78, 5) is 0. The first kappa shape index (κ1) is 84.8. The average molecular weight is 1390 g/mol. The Morgan fingerprint density at radius 3 is 0.922 bits per heavy atom. The highest BCUT2D eigenvalue weighted by Gasteiger charge is 2.28. The Hall–Kier alpha value is -7.11. The molecule has 0 heterocycles. The van der Waals surface area contributed by atoms with E-state index in [9.17, 15) is 0 Å². The number of rotatable bonds is 22. The van der Waals surface area contributed by atoms with Crippen LogP contribution in [0.5, 0.6) is 0 Å². The second-order valence-corrected chi connectivity index (χ2v) is 31.2. The van der Waals surface area contributed by atoms with E-state index in [0.29, 0.717) is 0 Å². The Morgan fingerprint density at radius 1 is 0.233 bits per heavy atom. The Bertz CT molecular complexity index is 4130. The smallest absolute Gasteiger partial charge is 0.0146 e. The Kier molecular flexibility index (Phi) is 33.3. The molecule has 0 fully saturated rings.